The second-order valence-electron chi connectivity index (χ2n) is 5.10. The molecule has 21 heavy (non-hydrogen) atoms. The van der Waals surface area contributed by atoms with Crippen LogP contribution in [0.5, 0.6) is 17.2 Å². The van der Waals surface area contributed by atoms with Crippen molar-refractivity contribution in [3.63, 3.8) is 0 Å². The summed E-state index contributed by atoms with van der Waals surface area (Å²) in [5.74, 6) is 1.72. The molecule has 0 bridgehead atoms. The highest BCUT2D eigenvalue weighted by Gasteiger charge is 2.25. The molecular weight excluding hydrogens is 266 g/mol. The van der Waals surface area contributed by atoms with Gasteiger partial charge in [0.15, 0.2) is 11.5 Å². The molecule has 1 aliphatic heterocycles. The molecule has 0 saturated carbocycles. The normalized spacial score (nSPS) is 17.1. The van der Waals surface area contributed by atoms with Crippen molar-refractivity contribution in [3.8, 4) is 17.2 Å². The van der Waals surface area contributed by atoms with Crippen LogP contribution >= 0.6 is 0 Å². The third kappa shape index (κ3) is 2.43. The van der Waals surface area contributed by atoms with Crippen molar-refractivity contribution in [2.24, 2.45) is 0 Å². The highest BCUT2D eigenvalue weighted by atomic mass is 16.5. The standard InChI is InChI=1S/C17H19NO3/c1-20-15-5-3-4-13(17(15)21-2)16-14-10-12(19)7-6-11(14)8-9-18-16/h3-7,10,16,18-19H,8-9H2,1-2H3. The molecule has 1 aliphatic rings. The van der Waals surface area contributed by atoms with Crippen LogP contribution in [0.1, 0.15) is 22.7 Å². The van der Waals surface area contributed by atoms with Crippen LogP contribution in [0.3, 0.4) is 0 Å². The molecule has 1 heterocycles. The van der Waals surface area contributed by atoms with Crippen LogP contribution in [0.4, 0.5) is 0 Å². The number of para-hydroxylation sites is 1. The maximum Gasteiger partial charge on any atom is 0.165 e. The van der Waals surface area contributed by atoms with Crippen LogP contribution in [-0.4, -0.2) is 25.9 Å². The molecule has 1 unspecified atom stereocenters. The minimum atomic E-state index is -0.00843. The Bertz CT molecular complexity index is 654. The molecule has 2 aromatic carbocycles. The summed E-state index contributed by atoms with van der Waals surface area (Å²) in [6.45, 7) is 0.892. The van der Waals surface area contributed by atoms with E-state index < -0.39 is 0 Å². The smallest absolute Gasteiger partial charge is 0.165 e. The Kier molecular flexibility index (Phi) is 3.71. The zero-order chi connectivity index (χ0) is 14.8. The number of hydrogen-bond donors (Lipinski definition) is 2. The van der Waals surface area contributed by atoms with Crippen molar-refractivity contribution in [1.29, 1.82) is 0 Å². The third-order valence-electron chi connectivity index (χ3n) is 3.93. The number of methoxy groups -OCH3 is 2. The second kappa shape index (κ2) is 5.66. The van der Waals surface area contributed by atoms with Crippen molar-refractivity contribution in [1.82, 2.24) is 5.32 Å². The molecule has 4 nitrogen and oxygen atoms in total. The number of fused-ring (bicyclic) bond motifs is 1. The number of ether oxygens (including phenoxy) is 2. The zero-order valence-corrected chi connectivity index (χ0v) is 12.2. The van der Waals surface area contributed by atoms with Gasteiger partial charge in [-0.15, -0.1) is 0 Å². The maximum atomic E-state index is 9.80. The minimum absolute atomic E-state index is 0.00843. The largest absolute Gasteiger partial charge is 0.508 e. The molecule has 1 atom stereocenters. The molecule has 0 fully saturated rings. The fraction of sp³-hybridized carbons (Fsp3) is 0.294. The maximum absolute atomic E-state index is 9.80. The van der Waals surface area contributed by atoms with Gasteiger partial charge in [-0.2, -0.15) is 0 Å². The van der Waals surface area contributed by atoms with Crippen LogP contribution in [0.25, 0.3) is 0 Å². The van der Waals surface area contributed by atoms with Gasteiger partial charge < -0.3 is 19.9 Å². The summed E-state index contributed by atoms with van der Waals surface area (Å²) in [7, 11) is 3.28. The number of hydrogen-bond acceptors (Lipinski definition) is 4. The summed E-state index contributed by atoms with van der Waals surface area (Å²) in [6, 6.07) is 11.4. The third-order valence-corrected chi connectivity index (χ3v) is 3.93. The van der Waals surface area contributed by atoms with Crippen LogP contribution in [0.2, 0.25) is 0 Å². The lowest BCUT2D eigenvalue weighted by Gasteiger charge is -2.29. The van der Waals surface area contributed by atoms with Gasteiger partial charge in [0.2, 0.25) is 0 Å². The van der Waals surface area contributed by atoms with Crippen LogP contribution in [0, 0.1) is 0 Å². The van der Waals surface area contributed by atoms with E-state index in [2.05, 4.69) is 5.32 Å². The van der Waals surface area contributed by atoms with E-state index in [0.29, 0.717) is 5.75 Å². The first-order valence-corrected chi connectivity index (χ1v) is 7.00. The van der Waals surface area contributed by atoms with Crippen molar-refractivity contribution >= 4 is 0 Å². The van der Waals surface area contributed by atoms with Gasteiger partial charge >= 0.3 is 0 Å². The van der Waals surface area contributed by atoms with Crippen molar-refractivity contribution in [2.75, 3.05) is 20.8 Å². The van der Waals surface area contributed by atoms with E-state index in [1.165, 1.54) is 5.56 Å². The molecule has 0 amide bonds. The summed E-state index contributed by atoms with van der Waals surface area (Å²) in [6.07, 6.45) is 0.957. The van der Waals surface area contributed by atoms with Gasteiger partial charge in [0.25, 0.3) is 0 Å². The van der Waals surface area contributed by atoms with Crippen LogP contribution < -0.4 is 14.8 Å². The zero-order valence-electron chi connectivity index (χ0n) is 12.2. The Hall–Kier alpha value is -2.20. The predicted octanol–water partition coefficient (Wildman–Crippen LogP) is 2.64. The fourth-order valence-corrected chi connectivity index (χ4v) is 2.96. The minimum Gasteiger partial charge on any atom is -0.508 e. The van der Waals surface area contributed by atoms with E-state index in [1.807, 2.05) is 30.3 Å². The molecule has 0 spiro atoms. The molecule has 2 N–H and O–H groups in total. The first kappa shape index (κ1) is 13.8. The van der Waals surface area contributed by atoms with E-state index in [9.17, 15) is 5.11 Å². The lowest BCUT2D eigenvalue weighted by molar-refractivity contribution is 0.348. The summed E-state index contributed by atoms with van der Waals surface area (Å²) in [5.41, 5.74) is 3.36. The lowest BCUT2D eigenvalue weighted by atomic mass is 9.89. The number of phenols is 1. The second-order valence-corrected chi connectivity index (χ2v) is 5.10. The van der Waals surface area contributed by atoms with E-state index >= 15 is 0 Å². The van der Waals surface area contributed by atoms with Crippen LogP contribution in [-0.2, 0) is 6.42 Å². The predicted molar refractivity (Wildman–Crippen MR) is 81.2 cm³/mol. The lowest BCUT2D eigenvalue weighted by Crippen LogP contribution is -2.30. The van der Waals surface area contributed by atoms with E-state index in [1.54, 1.807) is 20.3 Å². The molecule has 3 rings (SSSR count). The average molecular weight is 285 g/mol. The van der Waals surface area contributed by atoms with Crippen LogP contribution in [0.15, 0.2) is 36.4 Å². The summed E-state index contributed by atoms with van der Waals surface area (Å²) < 4.78 is 10.9. The van der Waals surface area contributed by atoms with E-state index in [4.69, 9.17) is 9.47 Å². The molecular formula is C17H19NO3. The first-order chi connectivity index (χ1) is 10.2. The molecule has 0 radical (unpaired) electrons. The number of aromatic hydroxyl groups is 1. The Morgan fingerprint density at radius 2 is 1.95 bits per heavy atom. The van der Waals surface area contributed by atoms with Gasteiger partial charge in [0.1, 0.15) is 5.75 Å². The molecule has 4 heteroatoms. The fourth-order valence-electron chi connectivity index (χ4n) is 2.96. The molecule has 0 aliphatic carbocycles. The number of phenolic OH excluding ortho intramolecular Hbond substituents is 1. The molecule has 0 aromatic heterocycles. The van der Waals surface area contributed by atoms with Gasteiger partial charge in [-0.3, -0.25) is 0 Å². The van der Waals surface area contributed by atoms with Crippen molar-refractivity contribution < 1.29 is 14.6 Å². The monoisotopic (exact) mass is 285 g/mol. The molecule has 2 aromatic rings. The Labute approximate surface area is 124 Å². The number of nitrogens with one attached hydrogen (secondary N) is 1. The van der Waals surface area contributed by atoms with Gasteiger partial charge in [-0.1, -0.05) is 18.2 Å². The van der Waals surface area contributed by atoms with Gasteiger partial charge in [-0.05, 0) is 35.7 Å². The average Bonchev–Trinajstić information content (AvgIpc) is 2.53. The highest BCUT2D eigenvalue weighted by Crippen LogP contribution is 2.39. The Morgan fingerprint density at radius 3 is 2.71 bits per heavy atom. The topological polar surface area (TPSA) is 50.7 Å². The quantitative estimate of drug-likeness (QED) is 0.910. The summed E-state index contributed by atoms with van der Waals surface area (Å²) in [4.78, 5) is 0. The van der Waals surface area contributed by atoms with Crippen molar-refractivity contribution in [2.45, 2.75) is 12.5 Å². The van der Waals surface area contributed by atoms with Gasteiger partial charge in [0.05, 0.1) is 20.3 Å². The molecule has 110 valence electrons. The van der Waals surface area contributed by atoms with Crippen molar-refractivity contribution in [3.05, 3.63) is 53.1 Å². The summed E-state index contributed by atoms with van der Waals surface area (Å²) in [5, 5.41) is 13.3. The van der Waals surface area contributed by atoms with E-state index in [0.717, 1.165) is 29.8 Å². The first-order valence-electron chi connectivity index (χ1n) is 7.00. The Balaban J connectivity index is 2.13. The van der Waals surface area contributed by atoms with Gasteiger partial charge in [-0.25, -0.2) is 0 Å². The van der Waals surface area contributed by atoms with Gasteiger partial charge in [0, 0.05) is 12.1 Å². The summed E-state index contributed by atoms with van der Waals surface area (Å²) >= 11 is 0. The Morgan fingerprint density at radius 1 is 1.10 bits per heavy atom. The highest BCUT2D eigenvalue weighted by molar-refractivity contribution is 5.53. The SMILES string of the molecule is COc1cccc(C2NCCc3ccc(O)cc32)c1OC. The molecule has 0 saturated heterocycles. The number of benzene rings is 2. The van der Waals surface area contributed by atoms with E-state index in [-0.39, 0.29) is 11.8 Å². The number of rotatable bonds is 3.